The van der Waals surface area contributed by atoms with Crippen LogP contribution in [0.4, 0.5) is 5.82 Å². The van der Waals surface area contributed by atoms with Gasteiger partial charge in [0.1, 0.15) is 5.82 Å². The Morgan fingerprint density at radius 1 is 1.60 bits per heavy atom. The SMILES string of the molecule is COc1cc2c(n1C)NCc1cnoc1-2. The average Bonchev–Trinajstić information content (AvgIpc) is 2.82. The second-order valence-corrected chi connectivity index (χ2v) is 3.54. The molecule has 0 amide bonds. The van der Waals surface area contributed by atoms with Crippen molar-refractivity contribution in [2.45, 2.75) is 6.54 Å². The van der Waals surface area contributed by atoms with Crippen LogP contribution in [0, 0.1) is 0 Å². The predicted molar refractivity (Wildman–Crippen MR) is 54.8 cm³/mol. The molecule has 2 aromatic heterocycles. The Morgan fingerprint density at radius 2 is 2.47 bits per heavy atom. The molecule has 3 rings (SSSR count). The van der Waals surface area contributed by atoms with Gasteiger partial charge in [0.25, 0.3) is 0 Å². The summed E-state index contributed by atoms with van der Waals surface area (Å²) >= 11 is 0. The van der Waals surface area contributed by atoms with Gasteiger partial charge in [-0.05, 0) is 0 Å². The third-order valence-corrected chi connectivity index (χ3v) is 2.73. The van der Waals surface area contributed by atoms with Gasteiger partial charge in [0.15, 0.2) is 11.6 Å². The molecule has 5 nitrogen and oxygen atoms in total. The summed E-state index contributed by atoms with van der Waals surface area (Å²) in [6.45, 7) is 0.743. The molecule has 78 valence electrons. The van der Waals surface area contributed by atoms with E-state index in [4.69, 9.17) is 9.26 Å². The molecule has 3 heterocycles. The van der Waals surface area contributed by atoms with Gasteiger partial charge in [0.2, 0.25) is 0 Å². The van der Waals surface area contributed by atoms with E-state index in [1.807, 2.05) is 17.7 Å². The Hall–Kier alpha value is -1.91. The molecule has 0 saturated heterocycles. The molecule has 15 heavy (non-hydrogen) atoms. The molecular weight excluding hydrogens is 194 g/mol. The standard InChI is InChI=1S/C10H11N3O2/c1-13-8(14-2)3-7-9-6(5-12-15-9)4-11-10(7)13/h3,5,11H,4H2,1-2H3. The fraction of sp³-hybridized carbons (Fsp3) is 0.300. The molecule has 1 aliphatic heterocycles. The summed E-state index contributed by atoms with van der Waals surface area (Å²) in [5, 5.41) is 7.11. The Balaban J connectivity index is 2.25. The fourth-order valence-electron chi connectivity index (χ4n) is 1.95. The van der Waals surface area contributed by atoms with Crippen LogP contribution in [0.2, 0.25) is 0 Å². The molecule has 1 N–H and O–H groups in total. The lowest BCUT2D eigenvalue weighted by Gasteiger charge is -2.14. The maximum Gasteiger partial charge on any atom is 0.195 e. The number of nitrogens with one attached hydrogen (secondary N) is 1. The number of fused-ring (bicyclic) bond motifs is 3. The summed E-state index contributed by atoms with van der Waals surface area (Å²) in [7, 11) is 3.61. The second-order valence-electron chi connectivity index (χ2n) is 3.54. The largest absolute Gasteiger partial charge is 0.482 e. The highest BCUT2D eigenvalue weighted by Gasteiger charge is 2.24. The first kappa shape index (κ1) is 8.40. The minimum absolute atomic E-state index is 0.743. The van der Waals surface area contributed by atoms with E-state index in [0.717, 1.165) is 35.1 Å². The van der Waals surface area contributed by atoms with Crippen molar-refractivity contribution < 1.29 is 9.26 Å². The van der Waals surface area contributed by atoms with Gasteiger partial charge >= 0.3 is 0 Å². The van der Waals surface area contributed by atoms with Gasteiger partial charge in [-0.1, -0.05) is 5.16 Å². The van der Waals surface area contributed by atoms with E-state index >= 15 is 0 Å². The average molecular weight is 205 g/mol. The van der Waals surface area contributed by atoms with Crippen molar-refractivity contribution in [1.29, 1.82) is 0 Å². The first-order valence-corrected chi connectivity index (χ1v) is 4.72. The van der Waals surface area contributed by atoms with E-state index in [1.165, 1.54) is 0 Å². The number of rotatable bonds is 1. The zero-order valence-electron chi connectivity index (χ0n) is 8.57. The number of anilines is 1. The van der Waals surface area contributed by atoms with Gasteiger partial charge in [0, 0.05) is 25.2 Å². The summed E-state index contributed by atoms with van der Waals surface area (Å²) in [5.41, 5.74) is 2.09. The lowest BCUT2D eigenvalue weighted by atomic mass is 10.1. The molecule has 0 saturated carbocycles. The number of hydrogen-bond acceptors (Lipinski definition) is 4. The van der Waals surface area contributed by atoms with Crippen LogP contribution in [0.3, 0.4) is 0 Å². The molecule has 0 spiro atoms. The number of nitrogens with zero attached hydrogens (tertiary/aromatic N) is 2. The molecule has 0 fully saturated rings. The monoisotopic (exact) mass is 205 g/mol. The third-order valence-electron chi connectivity index (χ3n) is 2.73. The van der Waals surface area contributed by atoms with E-state index in [0.29, 0.717) is 0 Å². The summed E-state index contributed by atoms with van der Waals surface area (Å²) in [6, 6.07) is 1.95. The van der Waals surface area contributed by atoms with Gasteiger partial charge in [-0.3, -0.25) is 0 Å². The van der Waals surface area contributed by atoms with E-state index in [9.17, 15) is 0 Å². The number of aromatic nitrogens is 2. The molecule has 0 aliphatic carbocycles. The number of ether oxygens (including phenoxy) is 1. The zero-order chi connectivity index (χ0) is 10.4. The van der Waals surface area contributed by atoms with Crippen molar-refractivity contribution in [1.82, 2.24) is 9.72 Å². The maximum atomic E-state index is 5.25. The van der Waals surface area contributed by atoms with Crippen molar-refractivity contribution in [2.24, 2.45) is 7.05 Å². The molecule has 1 aliphatic rings. The van der Waals surface area contributed by atoms with Gasteiger partial charge in [-0.25, -0.2) is 0 Å². The minimum atomic E-state index is 0.743. The normalized spacial score (nSPS) is 12.9. The Bertz CT molecular complexity index is 513. The first-order valence-electron chi connectivity index (χ1n) is 4.72. The zero-order valence-corrected chi connectivity index (χ0v) is 8.57. The summed E-state index contributed by atoms with van der Waals surface area (Å²) < 4.78 is 12.4. The molecule has 0 unspecified atom stereocenters. The highest BCUT2D eigenvalue weighted by Crippen LogP contribution is 2.39. The topological polar surface area (TPSA) is 52.2 Å². The number of methoxy groups -OCH3 is 1. The van der Waals surface area contributed by atoms with Crippen LogP contribution < -0.4 is 10.1 Å². The maximum absolute atomic E-state index is 5.25. The Morgan fingerprint density at radius 3 is 3.27 bits per heavy atom. The smallest absolute Gasteiger partial charge is 0.195 e. The molecule has 0 aromatic carbocycles. The quantitative estimate of drug-likeness (QED) is 0.768. The minimum Gasteiger partial charge on any atom is -0.482 e. The van der Waals surface area contributed by atoms with Crippen LogP contribution >= 0.6 is 0 Å². The lowest BCUT2D eigenvalue weighted by Crippen LogP contribution is -2.09. The lowest BCUT2D eigenvalue weighted by molar-refractivity contribution is 0.383. The van der Waals surface area contributed by atoms with E-state index in [2.05, 4.69) is 10.5 Å². The fourth-order valence-corrected chi connectivity index (χ4v) is 1.95. The van der Waals surface area contributed by atoms with Crippen LogP contribution in [-0.2, 0) is 13.6 Å². The van der Waals surface area contributed by atoms with Crippen molar-refractivity contribution in [3.05, 3.63) is 17.8 Å². The summed E-state index contributed by atoms with van der Waals surface area (Å²) in [4.78, 5) is 0. The van der Waals surface area contributed by atoms with Crippen LogP contribution in [0.5, 0.6) is 5.88 Å². The Labute approximate surface area is 86.6 Å². The molecular formula is C10H11N3O2. The van der Waals surface area contributed by atoms with Crippen LogP contribution in [0.1, 0.15) is 5.56 Å². The van der Waals surface area contributed by atoms with E-state index in [-0.39, 0.29) is 0 Å². The molecule has 0 atom stereocenters. The van der Waals surface area contributed by atoms with E-state index < -0.39 is 0 Å². The van der Waals surface area contributed by atoms with Gasteiger partial charge in [-0.2, -0.15) is 0 Å². The van der Waals surface area contributed by atoms with Crippen LogP contribution in [0.25, 0.3) is 11.3 Å². The van der Waals surface area contributed by atoms with Gasteiger partial charge < -0.3 is 19.1 Å². The molecule has 0 radical (unpaired) electrons. The highest BCUT2D eigenvalue weighted by molar-refractivity contribution is 5.79. The van der Waals surface area contributed by atoms with Crippen molar-refractivity contribution in [3.8, 4) is 17.2 Å². The molecule has 2 aromatic rings. The predicted octanol–water partition coefficient (Wildman–Crippen LogP) is 1.61. The third kappa shape index (κ3) is 1.000. The van der Waals surface area contributed by atoms with Crippen LogP contribution in [-0.4, -0.2) is 16.8 Å². The highest BCUT2D eigenvalue weighted by atomic mass is 16.5. The van der Waals surface area contributed by atoms with Gasteiger partial charge in [0.05, 0.1) is 18.9 Å². The first-order chi connectivity index (χ1) is 7.31. The van der Waals surface area contributed by atoms with Crippen molar-refractivity contribution >= 4 is 5.82 Å². The molecule has 0 bridgehead atoms. The van der Waals surface area contributed by atoms with Crippen molar-refractivity contribution in [2.75, 3.05) is 12.4 Å². The second kappa shape index (κ2) is 2.79. The van der Waals surface area contributed by atoms with E-state index in [1.54, 1.807) is 13.3 Å². The summed E-state index contributed by atoms with van der Waals surface area (Å²) in [6.07, 6.45) is 1.74. The van der Waals surface area contributed by atoms with Crippen molar-refractivity contribution in [3.63, 3.8) is 0 Å². The molecule has 5 heteroatoms. The van der Waals surface area contributed by atoms with Crippen LogP contribution in [0.15, 0.2) is 16.8 Å². The number of hydrogen-bond donors (Lipinski definition) is 1. The van der Waals surface area contributed by atoms with Gasteiger partial charge in [-0.15, -0.1) is 0 Å². The summed E-state index contributed by atoms with van der Waals surface area (Å²) in [5.74, 6) is 2.65. The Kier molecular flexibility index (Phi) is 1.56.